The molecule has 1 amide bonds. The molecule has 0 aliphatic carbocycles. The van der Waals surface area contributed by atoms with Gasteiger partial charge in [0.25, 0.3) is 5.91 Å². The second-order valence-corrected chi connectivity index (χ2v) is 7.56. The van der Waals surface area contributed by atoms with Gasteiger partial charge in [0.1, 0.15) is 5.69 Å². The van der Waals surface area contributed by atoms with Gasteiger partial charge in [-0.05, 0) is 18.1 Å². The Balaban J connectivity index is 1.42. The normalized spacial score (nSPS) is 17.6. The van der Waals surface area contributed by atoms with E-state index in [2.05, 4.69) is 22.2 Å². The van der Waals surface area contributed by atoms with Crippen molar-refractivity contribution in [1.82, 2.24) is 19.7 Å². The van der Waals surface area contributed by atoms with E-state index in [9.17, 15) is 4.79 Å². The molecule has 1 aliphatic rings. The average molecular weight is 382 g/mol. The van der Waals surface area contributed by atoms with E-state index in [1.807, 2.05) is 45.4 Å². The highest BCUT2D eigenvalue weighted by atomic mass is 32.1. The van der Waals surface area contributed by atoms with Crippen molar-refractivity contribution in [2.24, 2.45) is 0 Å². The number of carbonyl (C=O) groups excluding carboxylic acids is 1. The molecule has 1 fully saturated rings. The van der Waals surface area contributed by atoms with E-state index in [1.165, 1.54) is 5.56 Å². The Morgan fingerprint density at radius 1 is 1.26 bits per heavy atom. The molecule has 3 heterocycles. The molecule has 1 aromatic carbocycles. The van der Waals surface area contributed by atoms with Crippen LogP contribution < -0.4 is 0 Å². The van der Waals surface area contributed by atoms with Crippen molar-refractivity contribution in [2.75, 3.05) is 19.7 Å². The molecule has 1 aliphatic heterocycles. The van der Waals surface area contributed by atoms with Crippen LogP contribution in [0.2, 0.25) is 0 Å². The first-order chi connectivity index (χ1) is 13.3. The van der Waals surface area contributed by atoms with Crippen LogP contribution in [-0.4, -0.2) is 51.4 Å². The van der Waals surface area contributed by atoms with Crippen molar-refractivity contribution in [3.8, 4) is 0 Å². The van der Waals surface area contributed by atoms with E-state index < -0.39 is 0 Å². The summed E-state index contributed by atoms with van der Waals surface area (Å²) in [6.45, 7) is 2.56. The molecule has 6 nitrogen and oxygen atoms in total. The van der Waals surface area contributed by atoms with Gasteiger partial charge in [0.2, 0.25) is 0 Å². The number of hydrogen-bond donors (Lipinski definition) is 0. The van der Waals surface area contributed by atoms with Crippen molar-refractivity contribution in [3.05, 3.63) is 70.4 Å². The molecule has 140 valence electrons. The zero-order valence-electron chi connectivity index (χ0n) is 15.0. The van der Waals surface area contributed by atoms with E-state index in [0.717, 1.165) is 17.8 Å². The lowest BCUT2D eigenvalue weighted by Crippen LogP contribution is -2.38. The number of amides is 1. The van der Waals surface area contributed by atoms with Gasteiger partial charge in [-0.1, -0.05) is 30.3 Å². The predicted molar refractivity (Wildman–Crippen MR) is 104 cm³/mol. The third kappa shape index (κ3) is 4.61. The largest absolute Gasteiger partial charge is 0.374 e. The Morgan fingerprint density at radius 3 is 2.96 bits per heavy atom. The molecule has 27 heavy (non-hydrogen) atoms. The quantitative estimate of drug-likeness (QED) is 0.681. The van der Waals surface area contributed by atoms with Crippen LogP contribution >= 0.6 is 11.3 Å². The van der Waals surface area contributed by atoms with Crippen molar-refractivity contribution in [3.63, 3.8) is 0 Å². The maximum absolute atomic E-state index is 13.0. The second-order valence-electron chi connectivity index (χ2n) is 6.61. The Hall–Kier alpha value is -2.51. The van der Waals surface area contributed by atoms with Gasteiger partial charge >= 0.3 is 0 Å². The molecule has 0 radical (unpaired) electrons. The van der Waals surface area contributed by atoms with Crippen molar-refractivity contribution >= 4 is 17.2 Å². The predicted octanol–water partition coefficient (Wildman–Crippen LogP) is 2.86. The average Bonchev–Trinajstić information content (AvgIpc) is 3.31. The minimum absolute atomic E-state index is 0.0125. The number of carbonyl (C=O) groups is 1. The lowest BCUT2D eigenvalue weighted by atomic mass is 10.2. The molecule has 0 bridgehead atoms. The number of thiazole rings is 1. The molecule has 0 spiro atoms. The standard InChI is InChI=1S/C20H22N4O2S/c25-20(18-15-27-19(22-18)12-16-6-2-1-3-7-16)23-9-5-11-26-17(13-23)14-24-10-4-8-21-24/h1-4,6-8,10,15,17H,5,9,11-14H2/t17-/m0/s1. The zero-order chi connectivity index (χ0) is 18.5. The maximum atomic E-state index is 13.0. The fourth-order valence-corrected chi connectivity index (χ4v) is 4.03. The Kier molecular flexibility index (Phi) is 5.60. The molecule has 7 heteroatoms. The molecular formula is C20H22N4O2S. The third-order valence-corrected chi connectivity index (χ3v) is 5.40. The molecule has 2 aromatic heterocycles. The summed E-state index contributed by atoms with van der Waals surface area (Å²) in [7, 11) is 0. The van der Waals surface area contributed by atoms with Crippen LogP contribution in [0.3, 0.4) is 0 Å². The SMILES string of the molecule is O=C(c1csc(Cc2ccccc2)n1)N1CCCO[C@H](Cn2cccn2)C1. The molecule has 0 saturated carbocycles. The summed E-state index contributed by atoms with van der Waals surface area (Å²) < 4.78 is 7.75. The van der Waals surface area contributed by atoms with Crippen LogP contribution in [0.1, 0.15) is 27.5 Å². The van der Waals surface area contributed by atoms with Gasteiger partial charge < -0.3 is 9.64 Å². The summed E-state index contributed by atoms with van der Waals surface area (Å²) in [6.07, 6.45) is 5.20. The fourth-order valence-electron chi connectivity index (χ4n) is 3.23. The van der Waals surface area contributed by atoms with Crippen molar-refractivity contribution < 1.29 is 9.53 Å². The second kappa shape index (κ2) is 8.45. The number of rotatable bonds is 5. The Morgan fingerprint density at radius 2 is 2.15 bits per heavy atom. The zero-order valence-corrected chi connectivity index (χ0v) is 15.8. The van der Waals surface area contributed by atoms with Gasteiger partial charge in [-0.25, -0.2) is 4.98 Å². The topological polar surface area (TPSA) is 60.3 Å². The highest BCUT2D eigenvalue weighted by Crippen LogP contribution is 2.18. The summed E-state index contributed by atoms with van der Waals surface area (Å²) >= 11 is 1.54. The van der Waals surface area contributed by atoms with Gasteiger partial charge in [-0.2, -0.15) is 5.10 Å². The van der Waals surface area contributed by atoms with E-state index in [4.69, 9.17) is 4.74 Å². The smallest absolute Gasteiger partial charge is 0.273 e. The van der Waals surface area contributed by atoms with Crippen LogP contribution in [0.15, 0.2) is 54.2 Å². The summed E-state index contributed by atoms with van der Waals surface area (Å²) in [5, 5.41) is 7.07. The van der Waals surface area contributed by atoms with E-state index >= 15 is 0 Å². The maximum Gasteiger partial charge on any atom is 0.273 e. The molecule has 0 unspecified atom stereocenters. The van der Waals surface area contributed by atoms with Gasteiger partial charge in [-0.3, -0.25) is 9.48 Å². The lowest BCUT2D eigenvalue weighted by molar-refractivity contribution is 0.0366. The number of ether oxygens (including phenoxy) is 1. The van der Waals surface area contributed by atoms with Crippen LogP contribution in [-0.2, 0) is 17.7 Å². The molecule has 0 N–H and O–H groups in total. The monoisotopic (exact) mass is 382 g/mol. The number of aromatic nitrogens is 3. The molecule has 1 saturated heterocycles. The molecule has 1 atom stereocenters. The summed E-state index contributed by atoms with van der Waals surface area (Å²) in [6, 6.07) is 12.1. The first-order valence-electron chi connectivity index (χ1n) is 9.14. The van der Waals surface area contributed by atoms with Gasteiger partial charge in [0.05, 0.1) is 17.7 Å². The fraction of sp³-hybridized carbons (Fsp3) is 0.350. The van der Waals surface area contributed by atoms with E-state index in [1.54, 1.807) is 17.5 Å². The summed E-state index contributed by atoms with van der Waals surface area (Å²) in [5.41, 5.74) is 1.74. The summed E-state index contributed by atoms with van der Waals surface area (Å²) in [5.74, 6) is -0.0125. The van der Waals surface area contributed by atoms with Gasteiger partial charge in [0.15, 0.2) is 0 Å². The Labute approximate surface area is 162 Å². The van der Waals surface area contributed by atoms with Crippen molar-refractivity contribution in [1.29, 1.82) is 0 Å². The molecule has 3 aromatic rings. The van der Waals surface area contributed by atoms with Gasteiger partial charge in [0, 0.05) is 43.9 Å². The van der Waals surface area contributed by atoms with Crippen molar-refractivity contribution in [2.45, 2.75) is 25.5 Å². The number of nitrogens with zero attached hydrogens (tertiary/aromatic N) is 4. The molecule has 4 rings (SSSR count). The summed E-state index contributed by atoms with van der Waals surface area (Å²) in [4.78, 5) is 19.4. The van der Waals surface area contributed by atoms with Gasteiger partial charge in [-0.15, -0.1) is 11.3 Å². The molecular weight excluding hydrogens is 360 g/mol. The third-order valence-electron chi connectivity index (χ3n) is 4.56. The minimum Gasteiger partial charge on any atom is -0.374 e. The van der Waals surface area contributed by atoms with E-state index in [0.29, 0.717) is 31.9 Å². The highest BCUT2D eigenvalue weighted by molar-refractivity contribution is 7.09. The van der Waals surface area contributed by atoms with E-state index in [-0.39, 0.29) is 12.0 Å². The van der Waals surface area contributed by atoms with Crippen LogP contribution in [0, 0.1) is 0 Å². The van der Waals surface area contributed by atoms with Crippen LogP contribution in [0.25, 0.3) is 0 Å². The lowest BCUT2D eigenvalue weighted by Gasteiger charge is -2.23. The Bertz CT molecular complexity index is 863. The first kappa shape index (κ1) is 17.9. The van der Waals surface area contributed by atoms with Crippen LogP contribution in [0.5, 0.6) is 0 Å². The number of benzene rings is 1. The van der Waals surface area contributed by atoms with Crippen LogP contribution in [0.4, 0.5) is 0 Å². The highest BCUT2D eigenvalue weighted by Gasteiger charge is 2.25. The first-order valence-corrected chi connectivity index (χ1v) is 10.0. The number of hydrogen-bond acceptors (Lipinski definition) is 5. The minimum atomic E-state index is -0.0567.